The number of hydrogen-bond donors (Lipinski definition) is 3. The molecule has 1 aliphatic heterocycles. The Hall–Kier alpha value is -1.67. The first-order valence-electron chi connectivity index (χ1n) is 6.44. The molecule has 1 saturated carbocycles. The van der Waals surface area contributed by atoms with Gasteiger partial charge in [0.05, 0.1) is 25.4 Å². The highest BCUT2D eigenvalue weighted by Crippen LogP contribution is 2.37. The molecule has 0 unspecified atom stereocenters. The van der Waals surface area contributed by atoms with E-state index in [0.29, 0.717) is 25.1 Å². The minimum Gasteiger partial charge on any atom is -0.394 e. The van der Waals surface area contributed by atoms with Crippen LogP contribution in [0.15, 0.2) is 0 Å². The molecule has 0 amide bonds. The van der Waals surface area contributed by atoms with Gasteiger partial charge in [0.25, 0.3) is 0 Å². The Morgan fingerprint density at radius 3 is 2.63 bits per heavy atom. The number of ether oxygens (including phenoxy) is 1. The van der Waals surface area contributed by atoms with Gasteiger partial charge in [0.15, 0.2) is 0 Å². The summed E-state index contributed by atoms with van der Waals surface area (Å²) in [5, 5.41) is 12.5. The zero-order valence-corrected chi connectivity index (χ0v) is 10.7. The molecular weight excluding hydrogens is 248 g/mol. The van der Waals surface area contributed by atoms with E-state index in [1.807, 2.05) is 4.90 Å². The molecule has 2 heterocycles. The Labute approximate surface area is 111 Å². The fraction of sp³-hybridized carbons (Fsp3) is 0.727. The van der Waals surface area contributed by atoms with Crippen LogP contribution in [0.4, 0.5) is 17.8 Å². The molecular formula is C11H18N6O2. The van der Waals surface area contributed by atoms with E-state index in [0.717, 1.165) is 25.9 Å². The lowest BCUT2D eigenvalue weighted by molar-refractivity contribution is 0.122. The van der Waals surface area contributed by atoms with Gasteiger partial charge in [-0.3, -0.25) is 0 Å². The highest BCUT2D eigenvalue weighted by Gasteiger charge is 2.42. The van der Waals surface area contributed by atoms with Crippen molar-refractivity contribution in [3.63, 3.8) is 0 Å². The van der Waals surface area contributed by atoms with E-state index in [9.17, 15) is 5.11 Å². The van der Waals surface area contributed by atoms with Crippen LogP contribution in [0.1, 0.15) is 12.8 Å². The zero-order chi connectivity index (χ0) is 13.3. The maximum absolute atomic E-state index is 9.31. The van der Waals surface area contributed by atoms with Crippen LogP contribution < -0.4 is 16.0 Å². The minimum absolute atomic E-state index is 0.0749. The number of aliphatic hydroxyl groups excluding tert-OH is 1. The molecule has 8 heteroatoms. The minimum atomic E-state index is -0.268. The molecule has 4 N–H and O–H groups in total. The van der Waals surface area contributed by atoms with Crippen LogP contribution >= 0.6 is 0 Å². The normalized spacial score (nSPS) is 21.2. The van der Waals surface area contributed by atoms with Crippen molar-refractivity contribution in [3.8, 4) is 0 Å². The fourth-order valence-corrected chi connectivity index (χ4v) is 2.05. The molecule has 1 aromatic rings. The van der Waals surface area contributed by atoms with Crippen LogP contribution in [0, 0.1) is 0 Å². The van der Waals surface area contributed by atoms with Crippen molar-refractivity contribution in [2.24, 2.45) is 0 Å². The van der Waals surface area contributed by atoms with Crippen LogP contribution in [0.3, 0.4) is 0 Å². The molecule has 104 valence electrons. The molecule has 1 aromatic heterocycles. The number of aromatic nitrogens is 3. The van der Waals surface area contributed by atoms with Crippen LogP contribution in [-0.2, 0) is 4.74 Å². The number of rotatable bonds is 4. The van der Waals surface area contributed by atoms with E-state index in [-0.39, 0.29) is 18.1 Å². The van der Waals surface area contributed by atoms with Gasteiger partial charge in [-0.2, -0.15) is 15.0 Å². The first-order valence-corrected chi connectivity index (χ1v) is 6.44. The third-order valence-corrected chi connectivity index (χ3v) is 3.47. The summed E-state index contributed by atoms with van der Waals surface area (Å²) in [5.74, 6) is 1.18. The number of nitrogen functional groups attached to an aromatic ring is 1. The number of hydrogen-bond acceptors (Lipinski definition) is 8. The molecule has 8 nitrogen and oxygen atoms in total. The van der Waals surface area contributed by atoms with Crippen LogP contribution in [0.25, 0.3) is 0 Å². The maximum Gasteiger partial charge on any atom is 0.232 e. The first kappa shape index (κ1) is 12.4. The van der Waals surface area contributed by atoms with Gasteiger partial charge in [-0.15, -0.1) is 0 Å². The average Bonchev–Trinajstić information content (AvgIpc) is 3.19. The predicted molar refractivity (Wildman–Crippen MR) is 69.9 cm³/mol. The van der Waals surface area contributed by atoms with Crippen molar-refractivity contribution in [2.45, 2.75) is 18.4 Å². The Kier molecular flexibility index (Phi) is 3.11. The van der Waals surface area contributed by atoms with Crippen LogP contribution in [0.2, 0.25) is 0 Å². The van der Waals surface area contributed by atoms with Crippen molar-refractivity contribution in [2.75, 3.05) is 48.9 Å². The van der Waals surface area contributed by atoms with Gasteiger partial charge in [-0.1, -0.05) is 0 Å². The monoisotopic (exact) mass is 266 g/mol. The lowest BCUT2D eigenvalue weighted by Crippen LogP contribution is -2.38. The Bertz CT molecular complexity index is 458. The number of aliphatic hydroxyl groups is 1. The number of nitrogens with zero attached hydrogens (tertiary/aromatic N) is 4. The second-order valence-electron chi connectivity index (χ2n) is 4.98. The summed E-state index contributed by atoms with van der Waals surface area (Å²) in [6.45, 7) is 2.89. The summed E-state index contributed by atoms with van der Waals surface area (Å²) in [4.78, 5) is 14.6. The molecule has 1 saturated heterocycles. The van der Waals surface area contributed by atoms with Gasteiger partial charge in [0.2, 0.25) is 17.8 Å². The van der Waals surface area contributed by atoms with Gasteiger partial charge in [-0.25, -0.2) is 0 Å². The van der Waals surface area contributed by atoms with Gasteiger partial charge in [-0.05, 0) is 12.8 Å². The second-order valence-corrected chi connectivity index (χ2v) is 4.98. The zero-order valence-electron chi connectivity index (χ0n) is 10.7. The van der Waals surface area contributed by atoms with E-state index in [4.69, 9.17) is 10.5 Å². The highest BCUT2D eigenvalue weighted by molar-refractivity contribution is 5.44. The van der Waals surface area contributed by atoms with Crippen LogP contribution in [0.5, 0.6) is 0 Å². The Morgan fingerprint density at radius 2 is 2.00 bits per heavy atom. The van der Waals surface area contributed by atoms with Crippen LogP contribution in [-0.4, -0.2) is 58.5 Å². The fourth-order valence-electron chi connectivity index (χ4n) is 2.05. The predicted octanol–water partition coefficient (Wildman–Crippen LogP) is -0.773. The summed E-state index contributed by atoms with van der Waals surface area (Å²) in [6, 6.07) is 0. The molecule has 1 aliphatic carbocycles. The summed E-state index contributed by atoms with van der Waals surface area (Å²) in [5.41, 5.74) is 5.46. The number of morpholine rings is 1. The Morgan fingerprint density at radius 1 is 1.26 bits per heavy atom. The van der Waals surface area contributed by atoms with Gasteiger partial charge in [0, 0.05) is 13.1 Å². The molecule has 2 fully saturated rings. The summed E-state index contributed by atoms with van der Waals surface area (Å²) < 4.78 is 5.30. The molecule has 3 rings (SSSR count). The summed E-state index contributed by atoms with van der Waals surface area (Å²) >= 11 is 0. The standard InChI is InChI=1S/C11H18N6O2/c12-8-13-9(16-11(7-18)1-2-11)15-10(14-8)17-3-5-19-6-4-17/h18H,1-7H2,(H3,12,13,14,15,16). The lowest BCUT2D eigenvalue weighted by atomic mass is 10.3. The third-order valence-electron chi connectivity index (χ3n) is 3.47. The smallest absolute Gasteiger partial charge is 0.232 e. The SMILES string of the molecule is Nc1nc(NC2(CO)CC2)nc(N2CCOCC2)n1. The molecule has 0 aromatic carbocycles. The van der Waals surface area contributed by atoms with E-state index in [1.165, 1.54) is 0 Å². The molecule has 0 radical (unpaired) electrons. The summed E-state index contributed by atoms with van der Waals surface area (Å²) in [7, 11) is 0. The van der Waals surface area contributed by atoms with Crippen molar-refractivity contribution in [1.29, 1.82) is 0 Å². The maximum atomic E-state index is 9.31. The number of nitrogens with two attached hydrogens (primary N) is 1. The molecule has 0 atom stereocenters. The average molecular weight is 266 g/mol. The molecule has 0 bridgehead atoms. The lowest BCUT2D eigenvalue weighted by Gasteiger charge is -2.27. The Balaban J connectivity index is 1.79. The van der Waals surface area contributed by atoms with Crippen molar-refractivity contribution < 1.29 is 9.84 Å². The van der Waals surface area contributed by atoms with E-state index < -0.39 is 0 Å². The van der Waals surface area contributed by atoms with E-state index in [2.05, 4.69) is 20.3 Å². The van der Waals surface area contributed by atoms with E-state index in [1.54, 1.807) is 0 Å². The largest absolute Gasteiger partial charge is 0.394 e. The van der Waals surface area contributed by atoms with Crippen molar-refractivity contribution >= 4 is 17.8 Å². The molecule has 19 heavy (non-hydrogen) atoms. The third kappa shape index (κ3) is 2.69. The molecule has 0 spiro atoms. The highest BCUT2D eigenvalue weighted by atomic mass is 16.5. The number of nitrogens with one attached hydrogen (secondary N) is 1. The van der Waals surface area contributed by atoms with Gasteiger partial charge < -0.3 is 25.8 Å². The quantitative estimate of drug-likeness (QED) is 0.651. The molecule has 2 aliphatic rings. The van der Waals surface area contributed by atoms with E-state index >= 15 is 0 Å². The van der Waals surface area contributed by atoms with Gasteiger partial charge in [0.1, 0.15) is 0 Å². The second kappa shape index (κ2) is 4.78. The topological polar surface area (TPSA) is 109 Å². The number of anilines is 3. The van der Waals surface area contributed by atoms with Gasteiger partial charge >= 0.3 is 0 Å². The van der Waals surface area contributed by atoms with Crippen molar-refractivity contribution in [3.05, 3.63) is 0 Å². The first-order chi connectivity index (χ1) is 9.21. The van der Waals surface area contributed by atoms with Crippen molar-refractivity contribution in [1.82, 2.24) is 15.0 Å². The summed E-state index contributed by atoms with van der Waals surface area (Å²) in [6.07, 6.45) is 1.84.